The molecule has 2 aromatic carbocycles. The lowest BCUT2D eigenvalue weighted by Gasteiger charge is -2.15. The van der Waals surface area contributed by atoms with Crippen molar-refractivity contribution in [1.29, 1.82) is 0 Å². The van der Waals surface area contributed by atoms with E-state index >= 15 is 0 Å². The van der Waals surface area contributed by atoms with Crippen LogP contribution in [0.4, 0.5) is 5.69 Å². The van der Waals surface area contributed by atoms with Gasteiger partial charge in [-0.25, -0.2) is 4.79 Å². The number of aryl methyl sites for hydroxylation is 1. The minimum atomic E-state index is -1.000. The van der Waals surface area contributed by atoms with Crippen LogP contribution in [0.2, 0.25) is 0 Å². The van der Waals surface area contributed by atoms with E-state index in [0.29, 0.717) is 24.4 Å². The number of aromatic carboxylic acids is 1. The normalized spacial score (nSPS) is 11.8. The number of nitrogens with zero attached hydrogens (tertiary/aromatic N) is 3. The monoisotopic (exact) mass is 470 g/mol. The molecule has 168 valence electrons. The van der Waals surface area contributed by atoms with Gasteiger partial charge in [-0.2, -0.15) is 0 Å². The number of rotatable bonds is 10. The van der Waals surface area contributed by atoms with Gasteiger partial charge < -0.3 is 15.0 Å². The minimum absolute atomic E-state index is 0.151. The summed E-state index contributed by atoms with van der Waals surface area (Å²) >= 11 is 3.10. The van der Waals surface area contributed by atoms with Gasteiger partial charge in [-0.1, -0.05) is 36.4 Å². The molecule has 1 amide bonds. The molecule has 3 aromatic rings. The van der Waals surface area contributed by atoms with E-state index in [-0.39, 0.29) is 16.7 Å². The van der Waals surface area contributed by atoms with Gasteiger partial charge in [0.1, 0.15) is 5.82 Å². The zero-order valence-corrected chi connectivity index (χ0v) is 19.9. The van der Waals surface area contributed by atoms with Crippen LogP contribution in [0.5, 0.6) is 0 Å². The third-order valence-corrected chi connectivity index (χ3v) is 7.16. The molecule has 1 atom stereocenters. The molecule has 0 aliphatic carbocycles. The summed E-state index contributed by atoms with van der Waals surface area (Å²) in [6.45, 7) is 6.77. The summed E-state index contributed by atoms with van der Waals surface area (Å²) < 4.78 is 2.05. The summed E-state index contributed by atoms with van der Waals surface area (Å²) in [5.41, 5.74) is 1.97. The number of nitrogens with one attached hydrogen (secondary N) is 1. The van der Waals surface area contributed by atoms with Crippen LogP contribution in [-0.2, 0) is 17.1 Å². The summed E-state index contributed by atoms with van der Waals surface area (Å²) in [5, 5.41) is 20.9. The lowest BCUT2D eigenvalue weighted by atomic mass is 10.2. The molecular weight excluding hydrogens is 444 g/mol. The summed E-state index contributed by atoms with van der Waals surface area (Å²) in [6.07, 6.45) is 0.619. The molecule has 1 heterocycles. The molecule has 0 aliphatic rings. The molecule has 3 rings (SSSR count). The second kappa shape index (κ2) is 11.2. The van der Waals surface area contributed by atoms with Gasteiger partial charge in [-0.15, -0.1) is 22.0 Å². The topological polar surface area (TPSA) is 97.1 Å². The van der Waals surface area contributed by atoms with Gasteiger partial charge in [0.15, 0.2) is 5.16 Å². The highest BCUT2D eigenvalue weighted by Crippen LogP contribution is 2.28. The van der Waals surface area contributed by atoms with Crippen molar-refractivity contribution in [3.63, 3.8) is 0 Å². The van der Waals surface area contributed by atoms with E-state index < -0.39 is 5.97 Å². The standard InChI is InChI=1S/C23H26N4O3S2/c1-4-19(21(28)24-17-10-8-16(9-11-17)22(29)30)32-23-26-25-20(27(23)5-2)14-31-18-12-6-15(3)7-13-18/h6-13,19H,4-5,14H2,1-3H3,(H,24,28)(H,29,30). The lowest BCUT2D eigenvalue weighted by Crippen LogP contribution is -2.25. The number of aromatic nitrogens is 3. The van der Waals surface area contributed by atoms with Gasteiger partial charge in [0.05, 0.1) is 16.6 Å². The van der Waals surface area contributed by atoms with Gasteiger partial charge >= 0.3 is 5.97 Å². The fourth-order valence-corrected chi connectivity index (χ4v) is 4.86. The van der Waals surface area contributed by atoms with Crippen LogP contribution in [-0.4, -0.2) is 37.0 Å². The molecule has 0 bridgehead atoms. The molecular formula is C23H26N4O3S2. The maximum absolute atomic E-state index is 12.8. The Morgan fingerprint density at radius 2 is 1.75 bits per heavy atom. The lowest BCUT2D eigenvalue weighted by molar-refractivity contribution is -0.115. The molecule has 0 radical (unpaired) electrons. The second-order valence-electron chi connectivity index (χ2n) is 7.13. The minimum Gasteiger partial charge on any atom is -0.478 e. The Morgan fingerprint density at radius 3 is 2.34 bits per heavy atom. The molecule has 2 N–H and O–H groups in total. The first-order valence-electron chi connectivity index (χ1n) is 10.3. The second-order valence-corrected chi connectivity index (χ2v) is 9.35. The Labute approximate surface area is 196 Å². The third-order valence-electron chi connectivity index (χ3n) is 4.81. The summed E-state index contributed by atoms with van der Waals surface area (Å²) in [4.78, 5) is 25.0. The Morgan fingerprint density at radius 1 is 1.06 bits per heavy atom. The molecule has 32 heavy (non-hydrogen) atoms. The molecule has 0 fully saturated rings. The average Bonchev–Trinajstić information content (AvgIpc) is 3.18. The maximum Gasteiger partial charge on any atom is 0.335 e. The number of anilines is 1. The Balaban J connectivity index is 1.65. The predicted octanol–water partition coefficient (Wildman–Crippen LogP) is 5.11. The molecule has 1 unspecified atom stereocenters. The first kappa shape index (κ1) is 23.9. The van der Waals surface area contributed by atoms with Crippen molar-refractivity contribution in [2.45, 2.75) is 54.8 Å². The first-order valence-corrected chi connectivity index (χ1v) is 12.2. The van der Waals surface area contributed by atoms with Crippen molar-refractivity contribution in [3.8, 4) is 0 Å². The number of carbonyl (C=O) groups excluding carboxylic acids is 1. The molecule has 1 aromatic heterocycles. The number of amides is 1. The number of carboxylic acids is 1. The summed E-state index contributed by atoms with van der Waals surface area (Å²) in [6, 6.07) is 14.5. The number of hydrogen-bond donors (Lipinski definition) is 2. The third kappa shape index (κ3) is 6.14. The predicted molar refractivity (Wildman–Crippen MR) is 128 cm³/mol. The molecule has 0 aliphatic heterocycles. The quantitative estimate of drug-likeness (QED) is 0.398. The van der Waals surface area contributed by atoms with Crippen molar-refractivity contribution in [2.24, 2.45) is 0 Å². The first-order chi connectivity index (χ1) is 15.4. The van der Waals surface area contributed by atoms with Gasteiger partial charge in [0, 0.05) is 17.1 Å². The fraction of sp³-hybridized carbons (Fsp3) is 0.304. The molecule has 0 saturated carbocycles. The number of benzene rings is 2. The summed E-state index contributed by atoms with van der Waals surface area (Å²) in [5.74, 6) is 0.422. The van der Waals surface area contributed by atoms with Gasteiger partial charge in [0.2, 0.25) is 5.91 Å². The smallest absolute Gasteiger partial charge is 0.335 e. The van der Waals surface area contributed by atoms with Crippen LogP contribution in [0.3, 0.4) is 0 Å². The van der Waals surface area contributed by atoms with Crippen LogP contribution in [0.1, 0.15) is 42.0 Å². The van der Waals surface area contributed by atoms with E-state index in [1.54, 1.807) is 23.9 Å². The molecule has 7 nitrogen and oxygen atoms in total. The molecule has 9 heteroatoms. The van der Waals surface area contributed by atoms with E-state index in [2.05, 4.69) is 46.7 Å². The van der Waals surface area contributed by atoms with Crippen LogP contribution in [0.15, 0.2) is 58.6 Å². The Hall–Kier alpha value is -2.78. The largest absolute Gasteiger partial charge is 0.478 e. The van der Waals surface area contributed by atoms with E-state index in [1.165, 1.54) is 34.4 Å². The highest BCUT2D eigenvalue weighted by atomic mass is 32.2. The van der Waals surface area contributed by atoms with E-state index in [0.717, 1.165) is 11.0 Å². The van der Waals surface area contributed by atoms with Gasteiger partial charge in [-0.3, -0.25) is 4.79 Å². The van der Waals surface area contributed by atoms with Gasteiger partial charge in [0.25, 0.3) is 0 Å². The number of hydrogen-bond acceptors (Lipinski definition) is 6. The van der Waals surface area contributed by atoms with Crippen molar-refractivity contribution >= 4 is 41.1 Å². The zero-order valence-electron chi connectivity index (χ0n) is 18.2. The number of carbonyl (C=O) groups is 2. The van der Waals surface area contributed by atoms with Crippen LogP contribution >= 0.6 is 23.5 Å². The number of carboxylic acid groups (broad SMARTS) is 1. The van der Waals surface area contributed by atoms with E-state index in [1.807, 2.05) is 18.4 Å². The Bertz CT molecular complexity index is 1070. The maximum atomic E-state index is 12.8. The van der Waals surface area contributed by atoms with E-state index in [4.69, 9.17) is 5.11 Å². The van der Waals surface area contributed by atoms with Crippen LogP contribution in [0, 0.1) is 6.92 Å². The Kier molecular flexibility index (Phi) is 8.35. The summed E-state index contributed by atoms with van der Waals surface area (Å²) in [7, 11) is 0. The molecule has 0 saturated heterocycles. The number of thioether (sulfide) groups is 2. The fourth-order valence-electron chi connectivity index (χ4n) is 2.98. The van der Waals surface area contributed by atoms with Crippen molar-refractivity contribution < 1.29 is 14.7 Å². The average molecular weight is 471 g/mol. The van der Waals surface area contributed by atoms with Crippen LogP contribution in [0.25, 0.3) is 0 Å². The van der Waals surface area contributed by atoms with Gasteiger partial charge in [-0.05, 0) is 56.7 Å². The zero-order chi connectivity index (χ0) is 23.1. The van der Waals surface area contributed by atoms with Crippen molar-refractivity contribution in [2.75, 3.05) is 5.32 Å². The van der Waals surface area contributed by atoms with Crippen molar-refractivity contribution in [3.05, 3.63) is 65.5 Å². The highest BCUT2D eigenvalue weighted by molar-refractivity contribution is 8.00. The van der Waals surface area contributed by atoms with E-state index in [9.17, 15) is 9.59 Å². The highest BCUT2D eigenvalue weighted by Gasteiger charge is 2.22. The van der Waals surface area contributed by atoms with Crippen molar-refractivity contribution in [1.82, 2.24) is 14.8 Å². The molecule has 0 spiro atoms. The SMILES string of the molecule is CCC(Sc1nnc(CSc2ccc(C)cc2)n1CC)C(=O)Nc1ccc(C(=O)O)cc1. The van der Waals surface area contributed by atoms with Crippen LogP contribution < -0.4 is 5.32 Å².